The lowest BCUT2D eigenvalue weighted by atomic mass is 10.1. The van der Waals surface area contributed by atoms with Gasteiger partial charge in [-0.2, -0.15) is 4.98 Å². The van der Waals surface area contributed by atoms with Crippen molar-refractivity contribution in [2.24, 2.45) is 5.73 Å². The number of thioether (sulfide) groups is 1. The molecule has 2 aromatic rings. The summed E-state index contributed by atoms with van der Waals surface area (Å²) in [5, 5.41) is 3.97. The summed E-state index contributed by atoms with van der Waals surface area (Å²) in [6.07, 6.45) is 1.90. The summed E-state index contributed by atoms with van der Waals surface area (Å²) in [4.78, 5) is 5.36. The second-order valence-electron chi connectivity index (χ2n) is 4.62. The highest BCUT2D eigenvalue weighted by molar-refractivity contribution is 7.98. The van der Waals surface area contributed by atoms with E-state index in [2.05, 4.69) is 17.1 Å². The summed E-state index contributed by atoms with van der Waals surface area (Å²) in [7, 11) is 0. The summed E-state index contributed by atoms with van der Waals surface area (Å²) in [5.41, 5.74) is 5.49. The third-order valence-corrected chi connectivity index (χ3v) is 3.94. The minimum atomic E-state index is -0.232. The molecule has 2 rings (SSSR count). The van der Waals surface area contributed by atoms with Crippen molar-refractivity contribution in [2.75, 3.05) is 6.54 Å². The van der Waals surface area contributed by atoms with Crippen molar-refractivity contribution in [3.8, 4) is 0 Å². The van der Waals surface area contributed by atoms with E-state index in [1.54, 1.807) is 23.9 Å². The van der Waals surface area contributed by atoms with Crippen LogP contribution in [0.5, 0.6) is 0 Å². The molecule has 4 nitrogen and oxygen atoms in total. The third kappa shape index (κ3) is 4.31. The molecule has 0 fully saturated rings. The van der Waals surface area contributed by atoms with Crippen LogP contribution in [0.4, 0.5) is 4.39 Å². The van der Waals surface area contributed by atoms with Crippen molar-refractivity contribution in [1.82, 2.24) is 10.1 Å². The standard InChI is InChI=1S/C14H18FN3OS/c1-10(3-2-8-16)14-17-13(18-19-14)9-20-12-6-4-11(15)5-7-12/h4-7,10H,2-3,8-9,16H2,1H3. The van der Waals surface area contributed by atoms with E-state index in [0.29, 0.717) is 24.0 Å². The Morgan fingerprint density at radius 1 is 1.35 bits per heavy atom. The van der Waals surface area contributed by atoms with Crippen molar-refractivity contribution in [3.05, 3.63) is 41.8 Å². The van der Waals surface area contributed by atoms with Crippen molar-refractivity contribution >= 4 is 11.8 Å². The molecule has 1 unspecified atom stereocenters. The lowest BCUT2D eigenvalue weighted by molar-refractivity contribution is 0.349. The van der Waals surface area contributed by atoms with Gasteiger partial charge < -0.3 is 10.3 Å². The normalized spacial score (nSPS) is 12.6. The Balaban J connectivity index is 1.87. The summed E-state index contributed by atoms with van der Waals surface area (Å²) < 4.78 is 18.0. The van der Waals surface area contributed by atoms with E-state index in [4.69, 9.17) is 10.3 Å². The summed E-state index contributed by atoms with van der Waals surface area (Å²) in [6.45, 7) is 2.73. The zero-order valence-corrected chi connectivity index (χ0v) is 12.2. The van der Waals surface area contributed by atoms with E-state index in [-0.39, 0.29) is 11.7 Å². The Morgan fingerprint density at radius 2 is 2.10 bits per heavy atom. The first kappa shape index (κ1) is 15.0. The van der Waals surface area contributed by atoms with Crippen molar-refractivity contribution in [3.63, 3.8) is 0 Å². The van der Waals surface area contributed by atoms with E-state index < -0.39 is 0 Å². The predicted molar refractivity (Wildman–Crippen MR) is 77.0 cm³/mol. The SMILES string of the molecule is CC(CCCN)c1nc(CSc2ccc(F)cc2)no1. The van der Waals surface area contributed by atoms with E-state index in [1.165, 1.54) is 12.1 Å². The molecule has 0 saturated heterocycles. The van der Waals surface area contributed by atoms with Crippen LogP contribution in [0.3, 0.4) is 0 Å². The second-order valence-corrected chi connectivity index (χ2v) is 5.67. The highest BCUT2D eigenvalue weighted by Gasteiger charge is 2.13. The van der Waals surface area contributed by atoms with Gasteiger partial charge in [0.2, 0.25) is 5.89 Å². The molecular formula is C14H18FN3OS. The summed E-state index contributed by atoms with van der Waals surface area (Å²) in [5.74, 6) is 1.93. The molecule has 6 heteroatoms. The van der Waals surface area contributed by atoms with Gasteiger partial charge in [0.25, 0.3) is 0 Å². The fourth-order valence-corrected chi connectivity index (χ4v) is 2.49. The molecule has 0 bridgehead atoms. The van der Waals surface area contributed by atoms with E-state index in [0.717, 1.165) is 17.7 Å². The van der Waals surface area contributed by atoms with Crippen LogP contribution < -0.4 is 5.73 Å². The Morgan fingerprint density at radius 3 is 2.80 bits per heavy atom. The number of hydrogen-bond donors (Lipinski definition) is 1. The Hall–Kier alpha value is -1.40. The zero-order chi connectivity index (χ0) is 14.4. The molecule has 108 valence electrons. The number of rotatable bonds is 7. The highest BCUT2D eigenvalue weighted by Crippen LogP contribution is 2.23. The quantitative estimate of drug-likeness (QED) is 0.794. The first-order chi connectivity index (χ1) is 9.69. The van der Waals surface area contributed by atoms with Crippen LogP contribution in [-0.2, 0) is 5.75 Å². The molecule has 0 radical (unpaired) electrons. The molecule has 1 aromatic heterocycles. The van der Waals surface area contributed by atoms with Gasteiger partial charge in [-0.05, 0) is 43.7 Å². The maximum atomic E-state index is 12.8. The van der Waals surface area contributed by atoms with Gasteiger partial charge in [0, 0.05) is 10.8 Å². The van der Waals surface area contributed by atoms with Crippen LogP contribution in [0.2, 0.25) is 0 Å². The second kappa shape index (κ2) is 7.40. The lowest BCUT2D eigenvalue weighted by Gasteiger charge is -2.03. The van der Waals surface area contributed by atoms with Gasteiger partial charge in [-0.15, -0.1) is 11.8 Å². The predicted octanol–water partition coefficient (Wildman–Crippen LogP) is 3.34. The number of nitrogens with zero attached hydrogens (tertiary/aromatic N) is 2. The Kier molecular flexibility index (Phi) is 5.55. The van der Waals surface area contributed by atoms with Crippen LogP contribution >= 0.6 is 11.8 Å². The number of benzene rings is 1. The molecule has 0 aliphatic rings. The Bertz CT molecular complexity index is 529. The third-order valence-electron chi connectivity index (χ3n) is 2.93. The minimum absolute atomic E-state index is 0.232. The fraction of sp³-hybridized carbons (Fsp3) is 0.429. The maximum absolute atomic E-state index is 12.8. The highest BCUT2D eigenvalue weighted by atomic mass is 32.2. The minimum Gasteiger partial charge on any atom is -0.339 e. The van der Waals surface area contributed by atoms with Crippen LogP contribution in [-0.4, -0.2) is 16.7 Å². The van der Waals surface area contributed by atoms with Crippen LogP contribution in [0.1, 0.15) is 37.4 Å². The summed E-state index contributed by atoms with van der Waals surface area (Å²) in [6, 6.07) is 6.37. The van der Waals surface area contributed by atoms with Gasteiger partial charge in [0.1, 0.15) is 5.82 Å². The largest absolute Gasteiger partial charge is 0.339 e. The topological polar surface area (TPSA) is 64.9 Å². The number of aromatic nitrogens is 2. The lowest BCUT2D eigenvalue weighted by Crippen LogP contribution is -2.02. The van der Waals surface area contributed by atoms with Gasteiger partial charge in [-0.1, -0.05) is 12.1 Å². The monoisotopic (exact) mass is 295 g/mol. The molecule has 1 heterocycles. The van der Waals surface area contributed by atoms with Crippen LogP contribution in [0, 0.1) is 5.82 Å². The van der Waals surface area contributed by atoms with Crippen LogP contribution in [0.25, 0.3) is 0 Å². The fourth-order valence-electron chi connectivity index (χ4n) is 1.75. The Labute approximate surface area is 121 Å². The molecule has 0 amide bonds. The van der Waals surface area contributed by atoms with E-state index in [1.807, 2.05) is 0 Å². The number of halogens is 1. The molecule has 0 aliphatic heterocycles. The number of hydrogen-bond acceptors (Lipinski definition) is 5. The van der Waals surface area contributed by atoms with Crippen molar-refractivity contribution in [2.45, 2.75) is 36.3 Å². The molecule has 0 saturated carbocycles. The first-order valence-electron chi connectivity index (χ1n) is 6.60. The molecular weight excluding hydrogens is 277 g/mol. The van der Waals surface area contributed by atoms with Crippen molar-refractivity contribution < 1.29 is 8.91 Å². The average molecular weight is 295 g/mol. The average Bonchev–Trinajstić information content (AvgIpc) is 2.93. The van der Waals surface area contributed by atoms with E-state index in [9.17, 15) is 4.39 Å². The van der Waals surface area contributed by atoms with Gasteiger partial charge in [0.05, 0.1) is 5.75 Å². The van der Waals surface area contributed by atoms with Gasteiger partial charge in [-0.25, -0.2) is 4.39 Å². The van der Waals surface area contributed by atoms with Crippen molar-refractivity contribution in [1.29, 1.82) is 0 Å². The van der Waals surface area contributed by atoms with Gasteiger partial charge in [0.15, 0.2) is 5.82 Å². The van der Waals surface area contributed by atoms with Gasteiger partial charge >= 0.3 is 0 Å². The molecule has 1 atom stereocenters. The molecule has 0 aliphatic carbocycles. The van der Waals surface area contributed by atoms with E-state index >= 15 is 0 Å². The van der Waals surface area contributed by atoms with Gasteiger partial charge in [-0.3, -0.25) is 0 Å². The summed E-state index contributed by atoms with van der Waals surface area (Å²) >= 11 is 1.55. The molecule has 20 heavy (non-hydrogen) atoms. The van der Waals surface area contributed by atoms with Crippen LogP contribution in [0.15, 0.2) is 33.7 Å². The number of nitrogens with two attached hydrogens (primary N) is 1. The molecule has 1 aromatic carbocycles. The zero-order valence-electron chi connectivity index (χ0n) is 11.4. The molecule has 2 N–H and O–H groups in total. The smallest absolute Gasteiger partial charge is 0.229 e. The maximum Gasteiger partial charge on any atom is 0.229 e. The molecule has 0 spiro atoms. The first-order valence-corrected chi connectivity index (χ1v) is 7.58.